The van der Waals surface area contributed by atoms with Crippen LogP contribution in [0, 0.1) is 5.82 Å². The first-order chi connectivity index (χ1) is 9.98. The van der Waals surface area contributed by atoms with Gasteiger partial charge >= 0.3 is 0 Å². The van der Waals surface area contributed by atoms with Gasteiger partial charge in [-0.3, -0.25) is 4.79 Å². The maximum Gasteiger partial charge on any atom is 0.263 e. The van der Waals surface area contributed by atoms with E-state index in [4.69, 9.17) is 0 Å². The van der Waals surface area contributed by atoms with Gasteiger partial charge in [0.15, 0.2) is 0 Å². The summed E-state index contributed by atoms with van der Waals surface area (Å²) in [7, 11) is 1.69. The number of likely N-dealkylation sites (N-methyl/N-ethyl adjacent to an activating group) is 1. The molecule has 3 nitrogen and oxygen atoms in total. The van der Waals surface area contributed by atoms with Crippen molar-refractivity contribution in [2.24, 2.45) is 0 Å². The highest BCUT2D eigenvalue weighted by Gasteiger charge is 2.33. The fourth-order valence-electron chi connectivity index (χ4n) is 3.02. The normalized spacial score (nSPS) is 17.3. The van der Waals surface area contributed by atoms with E-state index in [9.17, 15) is 14.3 Å². The summed E-state index contributed by atoms with van der Waals surface area (Å²) in [5.41, 5.74) is -0.758. The van der Waals surface area contributed by atoms with Crippen molar-refractivity contribution in [3.63, 3.8) is 0 Å². The zero-order valence-electron chi connectivity index (χ0n) is 11.9. The Bertz CT molecular complexity index is 676. The Kier molecular flexibility index (Phi) is 3.71. The molecule has 0 spiro atoms. The Hall–Kier alpha value is -1.46. The van der Waals surface area contributed by atoms with Crippen LogP contribution in [0.25, 0.3) is 10.1 Å². The number of nitrogens with zero attached hydrogens (tertiary/aromatic N) is 1. The highest BCUT2D eigenvalue weighted by Crippen LogP contribution is 2.32. The molecule has 1 amide bonds. The molecule has 3 rings (SSSR count). The number of carbonyl (C=O) groups excluding carboxylic acids is 1. The second-order valence-electron chi connectivity index (χ2n) is 5.85. The average molecular weight is 307 g/mol. The Labute approximate surface area is 127 Å². The van der Waals surface area contributed by atoms with Crippen LogP contribution in [0.3, 0.4) is 0 Å². The minimum atomic E-state index is -0.758. The molecule has 112 valence electrons. The topological polar surface area (TPSA) is 40.5 Å². The third kappa shape index (κ3) is 2.80. The lowest BCUT2D eigenvalue weighted by molar-refractivity contribution is 0.0158. The number of rotatable bonds is 3. The van der Waals surface area contributed by atoms with Gasteiger partial charge in [0.25, 0.3) is 5.91 Å². The van der Waals surface area contributed by atoms with Crippen LogP contribution in [-0.4, -0.2) is 35.1 Å². The summed E-state index contributed by atoms with van der Waals surface area (Å²) in [6, 6.07) is 6.46. The molecular formula is C16H18FNO2S. The van der Waals surface area contributed by atoms with Crippen molar-refractivity contribution in [3.8, 4) is 0 Å². The molecule has 2 aromatic rings. The molecule has 0 saturated heterocycles. The van der Waals surface area contributed by atoms with Crippen LogP contribution in [0.15, 0.2) is 24.3 Å². The van der Waals surface area contributed by atoms with Crippen LogP contribution in [0.5, 0.6) is 0 Å². The number of halogens is 1. The minimum absolute atomic E-state index is 0.157. The predicted octanol–water partition coefficient (Wildman–Crippen LogP) is 3.42. The van der Waals surface area contributed by atoms with Gasteiger partial charge < -0.3 is 10.0 Å². The van der Waals surface area contributed by atoms with E-state index in [-0.39, 0.29) is 11.7 Å². The van der Waals surface area contributed by atoms with Crippen molar-refractivity contribution < 1.29 is 14.3 Å². The van der Waals surface area contributed by atoms with Crippen molar-refractivity contribution in [3.05, 3.63) is 35.0 Å². The Morgan fingerprint density at radius 3 is 2.81 bits per heavy atom. The van der Waals surface area contributed by atoms with Gasteiger partial charge in [-0.2, -0.15) is 0 Å². The zero-order valence-corrected chi connectivity index (χ0v) is 12.8. The van der Waals surface area contributed by atoms with E-state index in [1.807, 2.05) is 6.07 Å². The Balaban J connectivity index is 1.81. The molecule has 1 aromatic carbocycles. The number of benzene rings is 1. The molecule has 0 radical (unpaired) electrons. The van der Waals surface area contributed by atoms with E-state index >= 15 is 0 Å². The summed E-state index contributed by atoms with van der Waals surface area (Å²) in [5.74, 6) is -0.462. The van der Waals surface area contributed by atoms with Crippen molar-refractivity contribution in [2.45, 2.75) is 31.3 Å². The van der Waals surface area contributed by atoms with Crippen LogP contribution in [0.1, 0.15) is 35.4 Å². The van der Waals surface area contributed by atoms with Crippen molar-refractivity contribution in [1.82, 2.24) is 4.90 Å². The lowest BCUT2D eigenvalue weighted by atomic mass is 10.0. The maximum absolute atomic E-state index is 13.7. The van der Waals surface area contributed by atoms with Gasteiger partial charge in [-0.05, 0) is 31.0 Å². The molecule has 1 heterocycles. The fraction of sp³-hybridized carbons (Fsp3) is 0.438. The zero-order chi connectivity index (χ0) is 15.0. The molecule has 1 aliphatic rings. The summed E-state index contributed by atoms with van der Waals surface area (Å²) in [6.07, 6.45) is 3.50. The van der Waals surface area contributed by atoms with Crippen LogP contribution < -0.4 is 0 Å². The third-order valence-electron chi connectivity index (χ3n) is 4.13. The third-order valence-corrected chi connectivity index (χ3v) is 5.22. The van der Waals surface area contributed by atoms with Gasteiger partial charge in [0.1, 0.15) is 5.82 Å². The lowest BCUT2D eigenvalue weighted by Gasteiger charge is -2.28. The molecule has 0 bridgehead atoms. The molecule has 21 heavy (non-hydrogen) atoms. The highest BCUT2D eigenvalue weighted by molar-refractivity contribution is 7.20. The molecule has 1 aliphatic carbocycles. The summed E-state index contributed by atoms with van der Waals surface area (Å²) >= 11 is 1.29. The van der Waals surface area contributed by atoms with Crippen LogP contribution >= 0.6 is 11.3 Å². The monoisotopic (exact) mass is 307 g/mol. The SMILES string of the molecule is CN(CC1(O)CCCC1)C(=O)c1cc2c(F)cccc2s1. The highest BCUT2D eigenvalue weighted by atomic mass is 32.1. The minimum Gasteiger partial charge on any atom is -0.388 e. The maximum atomic E-state index is 13.7. The van der Waals surface area contributed by atoms with Gasteiger partial charge in [-0.1, -0.05) is 18.9 Å². The second-order valence-corrected chi connectivity index (χ2v) is 6.94. The summed E-state index contributed by atoms with van der Waals surface area (Å²) < 4.78 is 14.5. The summed E-state index contributed by atoms with van der Waals surface area (Å²) in [4.78, 5) is 14.5. The first kappa shape index (κ1) is 14.5. The molecular weight excluding hydrogens is 289 g/mol. The predicted molar refractivity (Wildman–Crippen MR) is 82.2 cm³/mol. The molecule has 0 atom stereocenters. The average Bonchev–Trinajstić information content (AvgIpc) is 3.05. The Morgan fingerprint density at radius 2 is 2.14 bits per heavy atom. The molecule has 5 heteroatoms. The largest absolute Gasteiger partial charge is 0.388 e. The van der Waals surface area contributed by atoms with E-state index < -0.39 is 5.60 Å². The number of thiophene rings is 1. The first-order valence-electron chi connectivity index (χ1n) is 7.14. The van der Waals surface area contributed by atoms with Crippen molar-refractivity contribution in [2.75, 3.05) is 13.6 Å². The number of fused-ring (bicyclic) bond motifs is 1. The number of hydrogen-bond acceptors (Lipinski definition) is 3. The quantitative estimate of drug-likeness (QED) is 0.944. The van der Waals surface area contributed by atoms with Crippen LogP contribution in [0.2, 0.25) is 0 Å². The summed E-state index contributed by atoms with van der Waals surface area (Å²) in [6.45, 7) is 0.336. The molecule has 1 N–H and O–H groups in total. The molecule has 0 aliphatic heterocycles. The first-order valence-corrected chi connectivity index (χ1v) is 7.96. The fourth-order valence-corrected chi connectivity index (χ4v) is 4.09. The van der Waals surface area contributed by atoms with Crippen LogP contribution in [-0.2, 0) is 0 Å². The number of amides is 1. The molecule has 1 saturated carbocycles. The van der Waals surface area contributed by atoms with E-state index in [0.717, 1.165) is 30.4 Å². The van der Waals surface area contributed by atoms with E-state index in [1.165, 1.54) is 17.4 Å². The summed E-state index contributed by atoms with van der Waals surface area (Å²) in [5, 5.41) is 10.9. The van der Waals surface area contributed by atoms with E-state index in [1.54, 1.807) is 24.1 Å². The molecule has 1 fully saturated rings. The van der Waals surface area contributed by atoms with Crippen molar-refractivity contribution >= 4 is 27.3 Å². The van der Waals surface area contributed by atoms with Gasteiger partial charge in [-0.15, -0.1) is 11.3 Å². The number of carbonyl (C=O) groups is 1. The van der Waals surface area contributed by atoms with Gasteiger partial charge in [0, 0.05) is 23.7 Å². The lowest BCUT2D eigenvalue weighted by Crippen LogP contribution is -2.41. The molecule has 1 aromatic heterocycles. The van der Waals surface area contributed by atoms with Crippen LogP contribution in [0.4, 0.5) is 4.39 Å². The standard InChI is InChI=1S/C16H18FNO2S/c1-18(10-16(20)7-2-3-8-16)15(19)14-9-11-12(17)5-4-6-13(11)21-14/h4-6,9,20H,2-3,7-8,10H2,1H3. The van der Waals surface area contributed by atoms with Gasteiger partial charge in [-0.25, -0.2) is 4.39 Å². The number of aliphatic hydroxyl groups is 1. The second kappa shape index (κ2) is 5.39. The molecule has 0 unspecified atom stereocenters. The van der Waals surface area contributed by atoms with E-state index in [2.05, 4.69) is 0 Å². The Morgan fingerprint density at radius 1 is 1.43 bits per heavy atom. The smallest absolute Gasteiger partial charge is 0.263 e. The van der Waals surface area contributed by atoms with Crippen molar-refractivity contribution in [1.29, 1.82) is 0 Å². The van der Waals surface area contributed by atoms with E-state index in [0.29, 0.717) is 16.8 Å². The van der Waals surface area contributed by atoms with Gasteiger partial charge in [0.2, 0.25) is 0 Å². The van der Waals surface area contributed by atoms with Gasteiger partial charge in [0.05, 0.1) is 10.5 Å². The number of hydrogen-bond donors (Lipinski definition) is 1.